The minimum atomic E-state index is -0.732. The molecule has 0 radical (unpaired) electrons. The van der Waals surface area contributed by atoms with Crippen molar-refractivity contribution in [2.24, 2.45) is 11.8 Å². The third-order valence-electron chi connectivity index (χ3n) is 4.14. The maximum Gasteiger partial charge on any atom is 0.248 e. The first-order valence-corrected chi connectivity index (χ1v) is 6.90. The Morgan fingerprint density at radius 2 is 1.94 bits per heavy atom. The van der Waals surface area contributed by atoms with Gasteiger partial charge in [0, 0.05) is 19.5 Å². The van der Waals surface area contributed by atoms with Crippen molar-refractivity contribution in [1.29, 1.82) is 0 Å². The fraction of sp³-hybridized carbons (Fsp3) is 0.857. The van der Waals surface area contributed by atoms with E-state index in [1.165, 1.54) is 0 Å². The lowest BCUT2D eigenvalue weighted by molar-refractivity contribution is -0.138. The molecule has 0 spiro atoms. The fourth-order valence-electron chi connectivity index (χ4n) is 2.08. The highest BCUT2D eigenvalue weighted by molar-refractivity contribution is 5.93. The molecule has 0 bridgehead atoms. The summed E-state index contributed by atoms with van der Waals surface area (Å²) in [5.41, 5.74) is -0.732. The fourth-order valence-corrected chi connectivity index (χ4v) is 2.08. The Balaban J connectivity index is 2.85. The van der Waals surface area contributed by atoms with Crippen LogP contribution in [0.25, 0.3) is 0 Å². The summed E-state index contributed by atoms with van der Waals surface area (Å²) in [6.45, 7) is 11.5. The first-order chi connectivity index (χ1) is 8.30. The summed E-state index contributed by atoms with van der Waals surface area (Å²) in [5, 5.41) is 2.86. The number of amides is 2. The number of hydrogen-bond donors (Lipinski definition) is 1. The number of hydrogen-bond acceptors (Lipinski definition) is 2. The van der Waals surface area contributed by atoms with E-state index >= 15 is 0 Å². The lowest BCUT2D eigenvalue weighted by atomic mass is 9.94. The van der Waals surface area contributed by atoms with Gasteiger partial charge in [0.15, 0.2) is 0 Å². The van der Waals surface area contributed by atoms with Crippen LogP contribution in [0, 0.1) is 11.8 Å². The molecule has 18 heavy (non-hydrogen) atoms. The Hall–Kier alpha value is -1.06. The Morgan fingerprint density at radius 3 is 2.44 bits per heavy atom. The van der Waals surface area contributed by atoms with Gasteiger partial charge >= 0.3 is 0 Å². The van der Waals surface area contributed by atoms with Crippen LogP contribution in [0.5, 0.6) is 0 Å². The smallest absolute Gasteiger partial charge is 0.248 e. The molecule has 1 fully saturated rings. The van der Waals surface area contributed by atoms with Gasteiger partial charge in [0.05, 0.1) is 0 Å². The third-order valence-corrected chi connectivity index (χ3v) is 4.14. The maximum absolute atomic E-state index is 12.5. The van der Waals surface area contributed by atoms with E-state index in [2.05, 4.69) is 26.1 Å². The van der Waals surface area contributed by atoms with Gasteiger partial charge < -0.3 is 10.2 Å². The lowest BCUT2D eigenvalue weighted by Gasteiger charge is -2.33. The molecule has 0 aromatic carbocycles. The standard InChI is InChI=1S/C14H26N2O2/c1-6-14(5)13(18)16(8-7-12(17)15-14)9-11(4)10(2)3/h10-11H,6-9H2,1-5H3,(H,15,17). The Labute approximate surface area is 110 Å². The zero-order valence-corrected chi connectivity index (χ0v) is 12.2. The largest absolute Gasteiger partial charge is 0.342 e. The number of nitrogens with zero attached hydrogens (tertiary/aromatic N) is 1. The zero-order valence-electron chi connectivity index (χ0n) is 12.2. The normalized spacial score (nSPS) is 27.1. The van der Waals surface area contributed by atoms with Crippen molar-refractivity contribution in [3.63, 3.8) is 0 Å². The first kappa shape index (κ1) is 15.0. The minimum Gasteiger partial charge on any atom is -0.342 e. The molecule has 2 unspecified atom stereocenters. The van der Waals surface area contributed by atoms with Crippen molar-refractivity contribution in [3.8, 4) is 0 Å². The summed E-state index contributed by atoms with van der Waals surface area (Å²) in [5.74, 6) is 1.02. The van der Waals surface area contributed by atoms with Crippen LogP contribution in [0.15, 0.2) is 0 Å². The van der Waals surface area contributed by atoms with E-state index in [9.17, 15) is 9.59 Å². The maximum atomic E-state index is 12.5. The van der Waals surface area contributed by atoms with Gasteiger partial charge in [-0.05, 0) is 25.2 Å². The van der Waals surface area contributed by atoms with E-state index < -0.39 is 5.54 Å². The molecular weight excluding hydrogens is 228 g/mol. The molecule has 1 aliphatic rings. The summed E-state index contributed by atoms with van der Waals surface area (Å²) in [4.78, 5) is 26.0. The van der Waals surface area contributed by atoms with E-state index in [0.29, 0.717) is 31.2 Å². The molecule has 1 N–H and O–H groups in total. The van der Waals surface area contributed by atoms with Gasteiger partial charge in [-0.25, -0.2) is 0 Å². The van der Waals surface area contributed by atoms with Gasteiger partial charge in [-0.2, -0.15) is 0 Å². The minimum absolute atomic E-state index is 0.0209. The summed E-state index contributed by atoms with van der Waals surface area (Å²) in [7, 11) is 0. The molecule has 2 amide bonds. The summed E-state index contributed by atoms with van der Waals surface area (Å²) in [6, 6.07) is 0. The highest BCUT2D eigenvalue weighted by Gasteiger charge is 2.39. The van der Waals surface area contributed by atoms with Gasteiger partial charge in [0.2, 0.25) is 11.8 Å². The molecule has 104 valence electrons. The van der Waals surface area contributed by atoms with Crippen LogP contribution in [0.1, 0.15) is 47.5 Å². The van der Waals surface area contributed by atoms with E-state index in [4.69, 9.17) is 0 Å². The van der Waals surface area contributed by atoms with Gasteiger partial charge in [-0.15, -0.1) is 0 Å². The van der Waals surface area contributed by atoms with Crippen LogP contribution in [0.3, 0.4) is 0 Å². The molecule has 0 aromatic heterocycles. The second-order valence-electron chi connectivity index (χ2n) is 5.96. The zero-order chi connectivity index (χ0) is 13.9. The van der Waals surface area contributed by atoms with Crippen LogP contribution in [0.2, 0.25) is 0 Å². The second kappa shape index (κ2) is 5.72. The third kappa shape index (κ3) is 3.24. The SMILES string of the molecule is CCC1(C)NC(=O)CCN(CC(C)C(C)C)C1=O. The van der Waals surface area contributed by atoms with Crippen molar-refractivity contribution in [3.05, 3.63) is 0 Å². The number of nitrogens with one attached hydrogen (secondary N) is 1. The first-order valence-electron chi connectivity index (χ1n) is 6.90. The highest BCUT2D eigenvalue weighted by atomic mass is 16.2. The summed E-state index contributed by atoms with van der Waals surface area (Å²) < 4.78 is 0. The number of carbonyl (C=O) groups excluding carboxylic acids is 2. The molecule has 1 heterocycles. The van der Waals surface area contributed by atoms with Crippen molar-refractivity contribution in [2.45, 2.75) is 53.0 Å². The van der Waals surface area contributed by atoms with Crippen molar-refractivity contribution < 1.29 is 9.59 Å². The van der Waals surface area contributed by atoms with Gasteiger partial charge in [-0.1, -0.05) is 27.7 Å². The van der Waals surface area contributed by atoms with Crippen LogP contribution in [0.4, 0.5) is 0 Å². The van der Waals surface area contributed by atoms with E-state index in [1.807, 2.05) is 18.7 Å². The number of carbonyl (C=O) groups is 2. The van der Waals surface area contributed by atoms with Crippen LogP contribution < -0.4 is 5.32 Å². The van der Waals surface area contributed by atoms with Crippen molar-refractivity contribution in [2.75, 3.05) is 13.1 Å². The van der Waals surface area contributed by atoms with Gasteiger partial charge in [0.1, 0.15) is 5.54 Å². The molecule has 0 saturated carbocycles. The molecule has 1 rings (SSSR count). The predicted octanol–water partition coefficient (Wildman–Crippen LogP) is 1.80. The van der Waals surface area contributed by atoms with E-state index in [1.54, 1.807) is 0 Å². The topological polar surface area (TPSA) is 49.4 Å². The van der Waals surface area contributed by atoms with Crippen molar-refractivity contribution >= 4 is 11.8 Å². The van der Waals surface area contributed by atoms with Crippen LogP contribution in [-0.4, -0.2) is 35.3 Å². The molecule has 4 heteroatoms. The summed E-state index contributed by atoms with van der Waals surface area (Å²) >= 11 is 0. The molecule has 4 nitrogen and oxygen atoms in total. The van der Waals surface area contributed by atoms with Crippen LogP contribution >= 0.6 is 0 Å². The number of rotatable bonds is 4. The Kier molecular flexibility index (Phi) is 4.77. The van der Waals surface area contributed by atoms with Gasteiger partial charge in [-0.3, -0.25) is 9.59 Å². The van der Waals surface area contributed by atoms with E-state index in [-0.39, 0.29) is 11.8 Å². The molecular formula is C14H26N2O2. The second-order valence-corrected chi connectivity index (χ2v) is 5.96. The molecule has 0 aliphatic carbocycles. The average molecular weight is 254 g/mol. The Bertz CT molecular complexity index is 328. The van der Waals surface area contributed by atoms with Crippen LogP contribution in [-0.2, 0) is 9.59 Å². The Morgan fingerprint density at radius 1 is 1.33 bits per heavy atom. The highest BCUT2D eigenvalue weighted by Crippen LogP contribution is 2.20. The average Bonchev–Trinajstić information content (AvgIpc) is 2.41. The molecule has 2 atom stereocenters. The predicted molar refractivity (Wildman–Crippen MR) is 72.0 cm³/mol. The molecule has 0 aromatic rings. The quantitative estimate of drug-likeness (QED) is 0.831. The van der Waals surface area contributed by atoms with E-state index in [0.717, 1.165) is 6.54 Å². The lowest BCUT2D eigenvalue weighted by Crippen LogP contribution is -2.55. The summed E-state index contributed by atoms with van der Waals surface area (Å²) in [6.07, 6.45) is 1.04. The molecule has 1 aliphatic heterocycles. The van der Waals surface area contributed by atoms with Crippen molar-refractivity contribution in [1.82, 2.24) is 10.2 Å². The monoisotopic (exact) mass is 254 g/mol. The van der Waals surface area contributed by atoms with Gasteiger partial charge in [0.25, 0.3) is 0 Å². The molecule has 1 saturated heterocycles.